The van der Waals surface area contributed by atoms with Gasteiger partial charge >= 0.3 is 0 Å². The van der Waals surface area contributed by atoms with Gasteiger partial charge in [0.05, 0.1) is 30.9 Å². The summed E-state index contributed by atoms with van der Waals surface area (Å²) >= 11 is 0. The van der Waals surface area contributed by atoms with E-state index >= 15 is 14.4 Å². The number of nitrogens with zero attached hydrogens (tertiary/aromatic N) is 2. The smallest absolute Gasteiger partial charge is 0.250 e. The van der Waals surface area contributed by atoms with Crippen molar-refractivity contribution in [1.29, 1.82) is 5.41 Å². The third-order valence-corrected chi connectivity index (χ3v) is 17.5. The van der Waals surface area contributed by atoms with Crippen molar-refractivity contribution in [3.8, 4) is 11.5 Å². The number of aromatic nitrogens is 2. The normalized spacial score (nSPS) is 21.7. The van der Waals surface area contributed by atoms with E-state index in [0.29, 0.717) is 27.8 Å². The first-order valence-corrected chi connectivity index (χ1v) is 34.1. The van der Waals surface area contributed by atoms with Gasteiger partial charge in [0, 0.05) is 50.7 Å². The van der Waals surface area contributed by atoms with Crippen LogP contribution in [0.4, 0.5) is 5.69 Å². The number of imidazole rings is 1. The maximum Gasteiger partial charge on any atom is 0.250 e. The monoisotopic (exact) mass is 1460 g/mol. The molecule has 0 saturated carbocycles. The number of nitrogens with one attached hydrogen (secondary N) is 13. The summed E-state index contributed by atoms with van der Waals surface area (Å²) in [6.07, 6.45) is -0.557. The number of amides is 13. The zero-order valence-electron chi connectivity index (χ0n) is 57.8. The predicted molar refractivity (Wildman–Crippen MR) is 383 cm³/mol. The number of rotatable bonds is 21. The van der Waals surface area contributed by atoms with E-state index in [4.69, 9.17) is 28.3 Å². The zero-order chi connectivity index (χ0) is 76.6. The number of nitrogens with two attached hydrogens (primary N) is 4. The lowest BCUT2D eigenvalue weighted by Gasteiger charge is -2.39. The Morgan fingerprint density at radius 1 is 0.613 bits per heavy atom. The fraction of sp³-hybridized carbons (Fsp3) is 0.347. The molecule has 23 N–H and O–H groups in total. The summed E-state index contributed by atoms with van der Waals surface area (Å²) in [6, 6.07) is 16.1. The second-order valence-electron chi connectivity index (χ2n) is 25.7. The van der Waals surface area contributed by atoms with E-state index in [1.807, 2.05) is 0 Å². The topological polar surface area (TPSA) is 555 Å². The zero-order valence-corrected chi connectivity index (χ0v) is 57.8. The van der Waals surface area contributed by atoms with Gasteiger partial charge in [-0.05, 0) is 97.2 Å². The van der Waals surface area contributed by atoms with Crippen molar-refractivity contribution in [3.63, 3.8) is 0 Å². The molecule has 8 rings (SSSR count). The number of aromatic hydroxyl groups is 2. The highest BCUT2D eigenvalue weighted by Gasteiger charge is 2.42. The molecule has 34 heteroatoms. The molecule has 0 bridgehead atoms. The van der Waals surface area contributed by atoms with Gasteiger partial charge in [0.25, 0.3) is 0 Å². The predicted octanol–water partition coefficient (Wildman–Crippen LogP) is -3.46. The Kier molecular flexibility index (Phi) is 28.3. The molecule has 1 unspecified atom stereocenters. The Balaban J connectivity index is 1.23. The van der Waals surface area contributed by atoms with Crippen molar-refractivity contribution in [3.05, 3.63) is 179 Å². The van der Waals surface area contributed by atoms with Crippen LogP contribution in [0.3, 0.4) is 0 Å². The van der Waals surface area contributed by atoms with Crippen LogP contribution in [0.5, 0.6) is 11.5 Å². The van der Waals surface area contributed by atoms with Crippen LogP contribution in [-0.2, 0) is 101 Å². The number of H-pyrrole nitrogens is 1. The summed E-state index contributed by atoms with van der Waals surface area (Å²) in [4.78, 5) is 198. The molecule has 2 aliphatic rings. The lowest BCUT2D eigenvalue weighted by atomic mass is 9.93. The first kappa shape index (κ1) is 79.0. The van der Waals surface area contributed by atoms with E-state index in [1.165, 1.54) is 68.0 Å². The average Bonchev–Trinajstić information content (AvgIpc) is 0.821. The maximum absolute atomic E-state index is 15.6. The number of anilines is 1. The SMILES string of the molecule is C[C@@H]1NC(=O)[C@H](CC(N)=O)NC(=O)[C@@H]2CCc3ccccc3N2C(=O)[C@H](CCCNC(=N)N)NC(=O)[C@@H](Cc2ccccc2)NC(=O)[C@H](Cc2c[nH]cn2)NC(=O)C[C@@H](NC(=O)[C@@H](N)Cc2ccc(O)cc2)C(=O)NCC(C(=O)N[C@@H](Cc2ccc(O)cc2)C(N)=O)NC(=O)[C@H](Cc2ccccc2)NC1=O. The molecule has 3 heterocycles. The van der Waals surface area contributed by atoms with Gasteiger partial charge in [0.1, 0.15) is 71.9 Å². The molecular weight excluding hydrogens is 1370 g/mol. The van der Waals surface area contributed by atoms with Crippen LogP contribution < -0.4 is 86.3 Å². The van der Waals surface area contributed by atoms with Crippen molar-refractivity contribution in [1.82, 2.24) is 68.5 Å². The standard InChI is InChI=1S/C72H87N19O15/c1-39-62(97)86-51(31-40-11-4-2-5-12-40)67(102)90-56(69(104)85-50(61(75)96)30-43-20-25-47(93)26-21-43)37-80-64(99)55(87-63(98)48(73)29-42-18-23-46(92)24-19-42)35-60(95)83-53(33-45-36-78-38-81-45)68(103)88-52(32-41-13-6-3-7-14-41)66(101)84-49(16-10-28-79-72(76)77)71(106)91-57-17-9-8-15-44(57)22-27-58(91)70(105)89-54(34-59(74)94)65(100)82-39/h2-9,11-15,17-21,23-26,36,38-39,48-56,58,92-93H,10,16,22,27-35,37,73H2,1H3,(H2,74,94)(H2,75,96)(H,78,81)(H,80,99)(H,82,100)(H,83,95)(H,84,101)(H,85,104)(H,86,97)(H,87,98)(H,88,103)(H,89,105)(H,90,102)(H4,76,77,79)/t39-,48-,49-,50-,51-,52+,53-,54-,55+,56?,58-/m0/s1. The van der Waals surface area contributed by atoms with Crippen LogP contribution >= 0.6 is 0 Å². The highest BCUT2D eigenvalue weighted by atomic mass is 16.3. The van der Waals surface area contributed by atoms with E-state index in [1.54, 1.807) is 84.9 Å². The van der Waals surface area contributed by atoms with Crippen molar-refractivity contribution in [2.45, 2.75) is 144 Å². The number of phenols is 2. The number of primary amides is 2. The minimum Gasteiger partial charge on any atom is -0.508 e. The number of fused-ring (bicyclic) bond motifs is 3. The van der Waals surface area contributed by atoms with Crippen molar-refractivity contribution >= 4 is 88.4 Å². The minimum absolute atomic E-state index is 0.00852. The summed E-state index contributed by atoms with van der Waals surface area (Å²) in [5.74, 6) is -14.3. The van der Waals surface area contributed by atoms with Crippen LogP contribution in [-0.4, -0.2) is 182 Å². The number of hydrogen-bond acceptors (Lipinski definition) is 18. The van der Waals surface area contributed by atoms with Gasteiger partial charge in [-0.25, -0.2) is 4.98 Å². The number of guanidine groups is 1. The van der Waals surface area contributed by atoms with Gasteiger partial charge in [0.2, 0.25) is 76.8 Å². The first-order chi connectivity index (χ1) is 50.7. The highest BCUT2D eigenvalue weighted by molar-refractivity contribution is 6.07. The summed E-state index contributed by atoms with van der Waals surface area (Å²) in [5, 5.41) is 56.0. The van der Waals surface area contributed by atoms with E-state index in [-0.39, 0.29) is 87.2 Å². The molecule has 2 aliphatic heterocycles. The first-order valence-electron chi connectivity index (χ1n) is 34.1. The molecule has 11 atom stereocenters. The van der Waals surface area contributed by atoms with Crippen LogP contribution in [0.25, 0.3) is 0 Å². The van der Waals surface area contributed by atoms with Crippen LogP contribution in [0.15, 0.2) is 146 Å². The number of aryl methyl sites for hydroxylation is 1. The quantitative estimate of drug-likeness (QED) is 0.0189. The van der Waals surface area contributed by atoms with E-state index < -0.39 is 169 Å². The Morgan fingerprint density at radius 2 is 1.16 bits per heavy atom. The lowest BCUT2D eigenvalue weighted by Crippen LogP contribution is -2.62. The van der Waals surface area contributed by atoms with E-state index in [9.17, 15) is 58.2 Å². The number of benzene rings is 5. The second-order valence-corrected chi connectivity index (χ2v) is 25.7. The van der Waals surface area contributed by atoms with Crippen LogP contribution in [0, 0.1) is 5.41 Å². The summed E-state index contributed by atoms with van der Waals surface area (Å²) in [6.45, 7) is 0.305. The number of para-hydroxylation sites is 1. The Bertz CT molecular complexity index is 4130. The van der Waals surface area contributed by atoms with Crippen molar-refractivity contribution < 1.29 is 72.5 Å². The molecule has 6 aromatic rings. The van der Waals surface area contributed by atoms with Crippen molar-refractivity contribution in [2.75, 3.05) is 18.0 Å². The fourth-order valence-corrected chi connectivity index (χ4v) is 11.9. The number of hydrogen-bond donors (Lipinski definition) is 19. The molecule has 1 saturated heterocycles. The number of carbonyl (C=O) groups is 13. The summed E-state index contributed by atoms with van der Waals surface area (Å²) in [7, 11) is 0. The Labute approximate surface area is 608 Å². The van der Waals surface area contributed by atoms with Gasteiger partial charge in [-0.15, -0.1) is 0 Å². The van der Waals surface area contributed by atoms with Gasteiger partial charge in [-0.2, -0.15) is 0 Å². The van der Waals surface area contributed by atoms with Gasteiger partial charge in [-0.3, -0.25) is 72.6 Å². The Morgan fingerprint density at radius 3 is 1.75 bits per heavy atom. The third-order valence-electron chi connectivity index (χ3n) is 17.5. The largest absolute Gasteiger partial charge is 0.508 e. The highest BCUT2D eigenvalue weighted by Crippen LogP contribution is 2.32. The fourth-order valence-electron chi connectivity index (χ4n) is 11.9. The molecule has 106 heavy (non-hydrogen) atoms. The molecule has 34 nitrogen and oxygen atoms in total. The molecule has 0 aliphatic carbocycles. The number of aromatic amines is 1. The Hall–Kier alpha value is -12.8. The summed E-state index contributed by atoms with van der Waals surface area (Å²) in [5.41, 5.74) is 26.4. The molecule has 5 aromatic carbocycles. The molecule has 1 aromatic heterocycles. The molecular formula is C72H87N19O15. The van der Waals surface area contributed by atoms with Gasteiger partial charge < -0.3 is 96.6 Å². The lowest BCUT2D eigenvalue weighted by molar-refractivity contribution is -0.136. The minimum atomic E-state index is -1.95. The summed E-state index contributed by atoms with van der Waals surface area (Å²) < 4.78 is 0. The molecule has 13 amide bonds. The van der Waals surface area contributed by atoms with Gasteiger partial charge in [-0.1, -0.05) is 103 Å². The molecule has 1 fully saturated rings. The van der Waals surface area contributed by atoms with E-state index in [2.05, 4.69) is 68.5 Å². The van der Waals surface area contributed by atoms with Gasteiger partial charge in [0.15, 0.2) is 5.96 Å². The molecule has 0 radical (unpaired) electrons. The average molecular weight is 1460 g/mol. The third kappa shape index (κ3) is 23.4. The molecule has 0 spiro atoms. The number of phenolic OH excluding ortho intramolecular Hbond substituents is 2. The van der Waals surface area contributed by atoms with Crippen molar-refractivity contribution in [2.24, 2.45) is 22.9 Å². The second kappa shape index (κ2) is 38.0. The number of carbonyl (C=O) groups excluding carboxylic acids is 13. The maximum atomic E-state index is 15.6. The van der Waals surface area contributed by atoms with Crippen LogP contribution in [0.2, 0.25) is 0 Å². The molecule has 560 valence electrons. The van der Waals surface area contributed by atoms with E-state index in [0.717, 1.165) is 4.90 Å². The van der Waals surface area contributed by atoms with Crippen LogP contribution in [0.1, 0.15) is 72.5 Å².